The number of carbonyl (C=O) groups is 1. The Morgan fingerprint density at radius 3 is 2.74 bits per heavy atom. The van der Waals surface area contributed by atoms with Gasteiger partial charge in [-0.3, -0.25) is 4.79 Å². The Kier molecular flexibility index (Phi) is 5.71. The molecule has 2 rings (SSSR count). The Bertz CT molecular complexity index is 421. The van der Waals surface area contributed by atoms with Crippen LogP contribution in [0.5, 0.6) is 0 Å². The number of alkyl halides is 1. The molecular weight excluding hydrogens is 326 g/mol. The summed E-state index contributed by atoms with van der Waals surface area (Å²) in [5, 5.41) is 3.75. The van der Waals surface area contributed by atoms with Crippen LogP contribution in [0.2, 0.25) is 5.02 Å². The SMILES string of the molecule is O=C(Cc1ccc(Cl)cc1)NCC1CCCC(Br)C1. The average molecular weight is 345 g/mol. The van der Waals surface area contributed by atoms with Crippen LogP contribution in [0.25, 0.3) is 0 Å². The molecule has 1 aromatic carbocycles. The van der Waals surface area contributed by atoms with Gasteiger partial charge in [-0.2, -0.15) is 0 Å². The lowest BCUT2D eigenvalue weighted by atomic mass is 9.89. The average Bonchev–Trinajstić information content (AvgIpc) is 2.39. The van der Waals surface area contributed by atoms with Crippen molar-refractivity contribution in [2.24, 2.45) is 5.92 Å². The molecule has 1 saturated carbocycles. The number of rotatable bonds is 4. The third-order valence-corrected chi connectivity index (χ3v) is 4.67. The van der Waals surface area contributed by atoms with Gasteiger partial charge in [-0.15, -0.1) is 0 Å². The molecule has 2 unspecified atom stereocenters. The molecule has 1 aliphatic carbocycles. The van der Waals surface area contributed by atoms with Crippen molar-refractivity contribution in [3.05, 3.63) is 34.9 Å². The van der Waals surface area contributed by atoms with Gasteiger partial charge in [-0.1, -0.05) is 46.1 Å². The fourth-order valence-corrected chi connectivity index (χ4v) is 3.50. The van der Waals surface area contributed by atoms with E-state index in [1.165, 1.54) is 25.7 Å². The highest BCUT2D eigenvalue weighted by Crippen LogP contribution is 2.28. The maximum atomic E-state index is 11.9. The second-order valence-corrected chi connectivity index (χ2v) is 6.97. The zero-order chi connectivity index (χ0) is 13.7. The molecule has 0 aliphatic heterocycles. The summed E-state index contributed by atoms with van der Waals surface area (Å²) in [7, 11) is 0. The first-order valence-electron chi connectivity index (χ1n) is 6.78. The van der Waals surface area contributed by atoms with Crippen molar-refractivity contribution in [2.75, 3.05) is 6.54 Å². The van der Waals surface area contributed by atoms with Gasteiger partial charge in [-0.05, 0) is 42.9 Å². The zero-order valence-corrected chi connectivity index (χ0v) is 13.2. The Labute approximate surface area is 128 Å². The lowest BCUT2D eigenvalue weighted by Gasteiger charge is -2.25. The molecule has 0 aromatic heterocycles. The Morgan fingerprint density at radius 2 is 2.05 bits per heavy atom. The molecule has 2 atom stereocenters. The molecule has 0 bridgehead atoms. The van der Waals surface area contributed by atoms with Crippen molar-refractivity contribution >= 4 is 33.4 Å². The van der Waals surface area contributed by atoms with Crippen molar-refractivity contribution in [3.63, 3.8) is 0 Å². The lowest BCUT2D eigenvalue weighted by molar-refractivity contribution is -0.120. The molecule has 0 saturated heterocycles. The van der Waals surface area contributed by atoms with E-state index in [1.807, 2.05) is 24.3 Å². The van der Waals surface area contributed by atoms with Crippen LogP contribution in [-0.4, -0.2) is 17.3 Å². The predicted molar refractivity (Wildman–Crippen MR) is 82.8 cm³/mol. The fourth-order valence-electron chi connectivity index (χ4n) is 2.52. The van der Waals surface area contributed by atoms with E-state index in [0.717, 1.165) is 12.1 Å². The normalized spacial score (nSPS) is 23.1. The Morgan fingerprint density at radius 1 is 1.32 bits per heavy atom. The van der Waals surface area contributed by atoms with Crippen LogP contribution in [0.3, 0.4) is 0 Å². The first-order chi connectivity index (χ1) is 9.13. The monoisotopic (exact) mass is 343 g/mol. The number of amides is 1. The summed E-state index contributed by atoms with van der Waals surface area (Å²) < 4.78 is 0. The fraction of sp³-hybridized carbons (Fsp3) is 0.533. The van der Waals surface area contributed by atoms with Crippen LogP contribution in [-0.2, 0) is 11.2 Å². The van der Waals surface area contributed by atoms with Crippen molar-refractivity contribution < 1.29 is 4.79 Å². The molecule has 1 aromatic rings. The highest BCUT2D eigenvalue weighted by molar-refractivity contribution is 9.09. The molecule has 4 heteroatoms. The van der Waals surface area contributed by atoms with Crippen LogP contribution < -0.4 is 5.32 Å². The predicted octanol–water partition coefficient (Wildman–Crippen LogP) is 3.95. The Hall–Kier alpha value is -0.540. The first-order valence-corrected chi connectivity index (χ1v) is 8.08. The van der Waals surface area contributed by atoms with E-state index in [-0.39, 0.29) is 5.91 Å². The summed E-state index contributed by atoms with van der Waals surface area (Å²) in [6.07, 6.45) is 5.34. The summed E-state index contributed by atoms with van der Waals surface area (Å²) in [4.78, 5) is 12.5. The quantitative estimate of drug-likeness (QED) is 0.823. The molecule has 0 radical (unpaired) electrons. The number of carbonyl (C=O) groups excluding carboxylic acids is 1. The number of benzene rings is 1. The van der Waals surface area contributed by atoms with E-state index in [4.69, 9.17) is 11.6 Å². The van der Waals surface area contributed by atoms with Gasteiger partial charge in [0.15, 0.2) is 0 Å². The maximum Gasteiger partial charge on any atom is 0.224 e. The maximum absolute atomic E-state index is 11.9. The smallest absolute Gasteiger partial charge is 0.224 e. The van der Waals surface area contributed by atoms with Gasteiger partial charge in [0.25, 0.3) is 0 Å². The third-order valence-electron chi connectivity index (χ3n) is 3.58. The van der Waals surface area contributed by atoms with Crippen LogP contribution >= 0.6 is 27.5 Å². The van der Waals surface area contributed by atoms with Crippen LogP contribution in [0.15, 0.2) is 24.3 Å². The second-order valence-electron chi connectivity index (χ2n) is 5.24. The molecule has 2 nitrogen and oxygen atoms in total. The third kappa shape index (κ3) is 5.15. The molecule has 1 N–H and O–H groups in total. The minimum atomic E-state index is 0.0963. The summed E-state index contributed by atoms with van der Waals surface area (Å²) in [5.41, 5.74) is 1.00. The van der Waals surface area contributed by atoms with Gasteiger partial charge >= 0.3 is 0 Å². The van der Waals surface area contributed by atoms with E-state index < -0.39 is 0 Å². The van der Waals surface area contributed by atoms with Crippen LogP contribution in [0, 0.1) is 5.92 Å². The number of nitrogens with one attached hydrogen (secondary N) is 1. The molecule has 1 fully saturated rings. The first kappa shape index (κ1) is 14.9. The molecule has 1 amide bonds. The molecule has 104 valence electrons. The highest BCUT2D eigenvalue weighted by atomic mass is 79.9. The van der Waals surface area contributed by atoms with Gasteiger partial charge in [-0.25, -0.2) is 0 Å². The van der Waals surface area contributed by atoms with Gasteiger partial charge in [0.1, 0.15) is 0 Å². The van der Waals surface area contributed by atoms with Crippen LogP contribution in [0.4, 0.5) is 0 Å². The number of halogens is 2. The van der Waals surface area contributed by atoms with E-state index in [1.54, 1.807) is 0 Å². The standard InChI is InChI=1S/C15H19BrClNO/c16-13-3-1-2-12(8-13)10-18-15(19)9-11-4-6-14(17)7-5-11/h4-7,12-13H,1-3,8-10H2,(H,18,19). The molecule has 0 spiro atoms. The zero-order valence-electron chi connectivity index (χ0n) is 10.9. The van der Waals surface area contributed by atoms with Crippen molar-refractivity contribution in [1.29, 1.82) is 0 Å². The van der Waals surface area contributed by atoms with E-state index >= 15 is 0 Å². The van der Waals surface area contributed by atoms with Gasteiger partial charge < -0.3 is 5.32 Å². The number of hydrogen-bond acceptors (Lipinski definition) is 1. The van der Waals surface area contributed by atoms with Gasteiger partial charge in [0.2, 0.25) is 5.91 Å². The largest absolute Gasteiger partial charge is 0.356 e. The van der Waals surface area contributed by atoms with Crippen molar-refractivity contribution in [3.8, 4) is 0 Å². The summed E-state index contributed by atoms with van der Waals surface area (Å²) >= 11 is 9.49. The summed E-state index contributed by atoms with van der Waals surface area (Å²) in [6, 6.07) is 7.44. The minimum absolute atomic E-state index is 0.0963. The van der Waals surface area contributed by atoms with Gasteiger partial charge in [0, 0.05) is 16.4 Å². The van der Waals surface area contributed by atoms with E-state index in [2.05, 4.69) is 21.2 Å². The number of hydrogen-bond donors (Lipinski definition) is 1. The molecule has 1 aliphatic rings. The summed E-state index contributed by atoms with van der Waals surface area (Å²) in [6.45, 7) is 0.800. The van der Waals surface area contributed by atoms with E-state index in [0.29, 0.717) is 22.2 Å². The topological polar surface area (TPSA) is 29.1 Å². The van der Waals surface area contributed by atoms with E-state index in [9.17, 15) is 4.79 Å². The van der Waals surface area contributed by atoms with Crippen LogP contribution in [0.1, 0.15) is 31.2 Å². The Balaban J connectivity index is 1.73. The lowest BCUT2D eigenvalue weighted by Crippen LogP contribution is -2.32. The van der Waals surface area contributed by atoms with Crippen molar-refractivity contribution in [2.45, 2.75) is 36.9 Å². The minimum Gasteiger partial charge on any atom is -0.356 e. The molecule has 0 heterocycles. The second kappa shape index (κ2) is 7.30. The van der Waals surface area contributed by atoms with Gasteiger partial charge in [0.05, 0.1) is 6.42 Å². The summed E-state index contributed by atoms with van der Waals surface area (Å²) in [5.74, 6) is 0.714. The molecular formula is C15H19BrClNO. The highest BCUT2D eigenvalue weighted by Gasteiger charge is 2.20. The molecule has 19 heavy (non-hydrogen) atoms. The van der Waals surface area contributed by atoms with Crippen molar-refractivity contribution in [1.82, 2.24) is 5.32 Å².